The molecule has 0 saturated heterocycles. The zero-order chi connectivity index (χ0) is 7.68. The molecule has 0 fully saturated rings. The molecule has 54 valence electrons. The van der Waals surface area contributed by atoms with Gasteiger partial charge in [-0.2, -0.15) is 0 Å². The fourth-order valence-electron chi connectivity index (χ4n) is 1.00. The Bertz CT molecular complexity index is 381. The number of hydrogen-bond donors (Lipinski definition) is 1. The van der Waals surface area contributed by atoms with E-state index in [2.05, 4.69) is 9.97 Å². The highest BCUT2D eigenvalue weighted by atomic mass is 16.3. The molecular formula is C8H6N2O. The van der Waals surface area contributed by atoms with E-state index in [9.17, 15) is 5.11 Å². The first kappa shape index (κ1) is 6.09. The van der Waals surface area contributed by atoms with Crippen LogP contribution in [0.1, 0.15) is 0 Å². The van der Waals surface area contributed by atoms with E-state index in [0.29, 0.717) is 0 Å². The molecule has 0 radical (unpaired) electrons. The average molecular weight is 146 g/mol. The van der Waals surface area contributed by atoms with E-state index in [1.165, 1.54) is 6.20 Å². The van der Waals surface area contributed by atoms with Gasteiger partial charge in [0.2, 0.25) is 0 Å². The lowest BCUT2D eigenvalue weighted by molar-refractivity contribution is 0.479. The van der Waals surface area contributed by atoms with Gasteiger partial charge in [0, 0.05) is 29.4 Å². The molecule has 1 N–H and O–H groups in total. The van der Waals surface area contributed by atoms with E-state index in [1.54, 1.807) is 24.7 Å². The second-order valence-corrected chi connectivity index (χ2v) is 2.26. The molecule has 0 spiro atoms. The van der Waals surface area contributed by atoms with E-state index in [4.69, 9.17) is 0 Å². The maximum absolute atomic E-state index is 9.28. The number of nitrogens with zero attached hydrogens (tertiary/aromatic N) is 2. The summed E-state index contributed by atoms with van der Waals surface area (Å²) in [5.74, 6) is 0.199. The maximum Gasteiger partial charge on any atom is 0.141 e. The molecule has 0 aliphatic carbocycles. The molecule has 0 aliphatic rings. The molecule has 11 heavy (non-hydrogen) atoms. The summed E-state index contributed by atoms with van der Waals surface area (Å²) in [6, 6.07) is 1.76. The maximum atomic E-state index is 9.28. The molecule has 0 saturated carbocycles. The predicted molar refractivity (Wildman–Crippen MR) is 41.2 cm³/mol. The minimum Gasteiger partial charge on any atom is -0.506 e. The van der Waals surface area contributed by atoms with Crippen molar-refractivity contribution in [3.63, 3.8) is 0 Å². The van der Waals surface area contributed by atoms with Crippen molar-refractivity contribution < 1.29 is 5.11 Å². The molecule has 0 unspecified atom stereocenters. The van der Waals surface area contributed by atoms with Gasteiger partial charge in [0.25, 0.3) is 0 Å². The Morgan fingerprint density at radius 1 is 1.09 bits per heavy atom. The van der Waals surface area contributed by atoms with Gasteiger partial charge in [0.15, 0.2) is 0 Å². The highest BCUT2D eigenvalue weighted by Gasteiger charge is 1.96. The Hall–Kier alpha value is -1.64. The van der Waals surface area contributed by atoms with Crippen molar-refractivity contribution in [2.45, 2.75) is 0 Å². The highest BCUT2D eigenvalue weighted by Crippen LogP contribution is 2.20. The van der Waals surface area contributed by atoms with Crippen LogP contribution in [-0.4, -0.2) is 15.1 Å². The van der Waals surface area contributed by atoms with Crippen LogP contribution in [0.3, 0.4) is 0 Å². The third-order valence-corrected chi connectivity index (χ3v) is 1.54. The summed E-state index contributed by atoms with van der Waals surface area (Å²) in [7, 11) is 0. The molecule has 2 aromatic rings. The van der Waals surface area contributed by atoms with Gasteiger partial charge in [-0.3, -0.25) is 9.97 Å². The van der Waals surface area contributed by atoms with E-state index >= 15 is 0 Å². The Morgan fingerprint density at radius 2 is 1.91 bits per heavy atom. The summed E-state index contributed by atoms with van der Waals surface area (Å²) in [4.78, 5) is 7.73. The SMILES string of the molecule is Oc1cncc2cnccc12. The molecule has 3 heteroatoms. The summed E-state index contributed by atoms with van der Waals surface area (Å²) in [6.45, 7) is 0. The van der Waals surface area contributed by atoms with E-state index in [0.717, 1.165) is 10.8 Å². The number of fused-ring (bicyclic) bond motifs is 1. The standard InChI is InChI=1S/C8H6N2O/c11-8-5-10-4-6-3-9-2-1-7(6)8/h1-5,11H. The van der Waals surface area contributed by atoms with Crippen LogP contribution in [0.2, 0.25) is 0 Å². The minimum absolute atomic E-state index is 0.199. The molecule has 0 aliphatic heterocycles. The van der Waals surface area contributed by atoms with Crippen LogP contribution in [0.5, 0.6) is 5.75 Å². The zero-order valence-electron chi connectivity index (χ0n) is 5.73. The van der Waals surface area contributed by atoms with Crippen molar-refractivity contribution in [2.24, 2.45) is 0 Å². The van der Waals surface area contributed by atoms with Crippen molar-refractivity contribution in [1.29, 1.82) is 0 Å². The molecule has 2 heterocycles. The monoisotopic (exact) mass is 146 g/mol. The van der Waals surface area contributed by atoms with Crippen molar-refractivity contribution in [2.75, 3.05) is 0 Å². The normalized spacial score (nSPS) is 10.2. The number of hydrogen-bond acceptors (Lipinski definition) is 3. The minimum atomic E-state index is 0.199. The number of aromatic hydroxyl groups is 1. The second-order valence-electron chi connectivity index (χ2n) is 2.26. The fraction of sp³-hybridized carbons (Fsp3) is 0. The number of aromatic nitrogens is 2. The van der Waals surface area contributed by atoms with Crippen molar-refractivity contribution in [1.82, 2.24) is 9.97 Å². The molecule has 3 nitrogen and oxygen atoms in total. The van der Waals surface area contributed by atoms with Crippen LogP contribution in [0.25, 0.3) is 10.8 Å². The average Bonchev–Trinajstić information content (AvgIpc) is 2.06. The Balaban J connectivity index is 2.91. The third-order valence-electron chi connectivity index (χ3n) is 1.54. The smallest absolute Gasteiger partial charge is 0.141 e. The third kappa shape index (κ3) is 0.902. The van der Waals surface area contributed by atoms with Crippen LogP contribution >= 0.6 is 0 Å². The van der Waals surface area contributed by atoms with Gasteiger partial charge in [-0.1, -0.05) is 0 Å². The molecular weight excluding hydrogens is 140 g/mol. The lowest BCUT2D eigenvalue weighted by Crippen LogP contribution is -1.77. The summed E-state index contributed by atoms with van der Waals surface area (Å²) < 4.78 is 0. The Labute approximate surface area is 63.3 Å². The van der Waals surface area contributed by atoms with Crippen LogP contribution in [0.15, 0.2) is 30.9 Å². The fourth-order valence-corrected chi connectivity index (χ4v) is 1.00. The number of rotatable bonds is 0. The van der Waals surface area contributed by atoms with E-state index in [1.807, 2.05) is 0 Å². The van der Waals surface area contributed by atoms with Crippen LogP contribution in [-0.2, 0) is 0 Å². The Kier molecular flexibility index (Phi) is 1.22. The van der Waals surface area contributed by atoms with Crippen molar-refractivity contribution >= 4 is 10.8 Å². The molecule has 0 bridgehead atoms. The van der Waals surface area contributed by atoms with Gasteiger partial charge in [0.05, 0.1) is 6.20 Å². The van der Waals surface area contributed by atoms with Gasteiger partial charge >= 0.3 is 0 Å². The van der Waals surface area contributed by atoms with Gasteiger partial charge in [-0.15, -0.1) is 0 Å². The molecule has 0 amide bonds. The van der Waals surface area contributed by atoms with Gasteiger partial charge < -0.3 is 5.11 Å². The predicted octanol–water partition coefficient (Wildman–Crippen LogP) is 1.34. The van der Waals surface area contributed by atoms with Gasteiger partial charge in [-0.25, -0.2) is 0 Å². The Morgan fingerprint density at radius 3 is 2.73 bits per heavy atom. The second kappa shape index (κ2) is 2.20. The topological polar surface area (TPSA) is 46.0 Å². The highest BCUT2D eigenvalue weighted by molar-refractivity contribution is 5.85. The van der Waals surface area contributed by atoms with Crippen LogP contribution in [0, 0.1) is 0 Å². The first-order valence-corrected chi connectivity index (χ1v) is 3.24. The molecule has 0 atom stereocenters. The molecule has 2 rings (SSSR count). The lowest BCUT2D eigenvalue weighted by atomic mass is 10.2. The molecule has 2 aromatic heterocycles. The molecule has 0 aromatic carbocycles. The summed E-state index contributed by atoms with van der Waals surface area (Å²) >= 11 is 0. The first-order valence-electron chi connectivity index (χ1n) is 3.24. The van der Waals surface area contributed by atoms with E-state index < -0.39 is 0 Å². The summed E-state index contributed by atoms with van der Waals surface area (Å²) in [5.41, 5.74) is 0. The zero-order valence-corrected chi connectivity index (χ0v) is 5.73. The van der Waals surface area contributed by atoms with Gasteiger partial charge in [0.1, 0.15) is 5.75 Å². The van der Waals surface area contributed by atoms with Crippen LogP contribution < -0.4 is 0 Å². The quantitative estimate of drug-likeness (QED) is 0.610. The van der Waals surface area contributed by atoms with Crippen molar-refractivity contribution in [3.05, 3.63) is 30.9 Å². The van der Waals surface area contributed by atoms with Crippen LogP contribution in [0.4, 0.5) is 0 Å². The van der Waals surface area contributed by atoms with Gasteiger partial charge in [-0.05, 0) is 6.07 Å². The van der Waals surface area contributed by atoms with E-state index in [-0.39, 0.29) is 5.75 Å². The summed E-state index contributed by atoms with van der Waals surface area (Å²) in [5, 5.41) is 10.9. The largest absolute Gasteiger partial charge is 0.506 e. The summed E-state index contributed by atoms with van der Waals surface area (Å²) in [6.07, 6.45) is 6.40. The lowest BCUT2D eigenvalue weighted by Gasteiger charge is -1.96. The van der Waals surface area contributed by atoms with Crippen molar-refractivity contribution in [3.8, 4) is 5.75 Å². The number of pyridine rings is 2. The first-order chi connectivity index (χ1) is 5.38.